The third-order valence-electron chi connectivity index (χ3n) is 4.98. The topological polar surface area (TPSA) is 104 Å². The van der Waals surface area contributed by atoms with Gasteiger partial charge < -0.3 is 15.2 Å². The standard InChI is InChI=1S/C16H13BrN4O2/c1-9-6-22-16(23-9)15(8-19)12(10-3-2-4-11(17)5-10)14(15,7-18)13(20)21-16/h2-5,9,12H,6H2,1H3,(H2,20,21). The van der Waals surface area contributed by atoms with E-state index in [0.29, 0.717) is 6.61 Å². The summed E-state index contributed by atoms with van der Waals surface area (Å²) in [5, 5.41) is 19.9. The van der Waals surface area contributed by atoms with E-state index in [1.54, 1.807) is 0 Å². The van der Waals surface area contributed by atoms with Gasteiger partial charge in [-0.2, -0.15) is 10.5 Å². The molecule has 0 aromatic heterocycles. The lowest BCUT2D eigenvalue weighted by atomic mass is 9.94. The molecule has 2 aliphatic heterocycles. The number of nitrogens with zero attached hydrogens (tertiary/aromatic N) is 3. The molecule has 0 amide bonds. The number of rotatable bonds is 1. The number of benzene rings is 1. The minimum absolute atomic E-state index is 0.112. The molecule has 7 heteroatoms. The van der Waals surface area contributed by atoms with Crippen LogP contribution in [0, 0.1) is 33.5 Å². The summed E-state index contributed by atoms with van der Waals surface area (Å²) in [6.45, 7) is 2.15. The maximum absolute atomic E-state index is 9.99. The van der Waals surface area contributed by atoms with Gasteiger partial charge in [-0.1, -0.05) is 28.1 Å². The van der Waals surface area contributed by atoms with Gasteiger partial charge >= 0.3 is 0 Å². The van der Waals surface area contributed by atoms with Gasteiger partial charge in [-0.05, 0) is 24.6 Å². The molecule has 5 atom stereocenters. The zero-order valence-electron chi connectivity index (χ0n) is 12.3. The van der Waals surface area contributed by atoms with Crippen molar-refractivity contribution in [1.82, 2.24) is 0 Å². The maximum atomic E-state index is 9.99. The van der Waals surface area contributed by atoms with Crippen LogP contribution >= 0.6 is 15.9 Å². The van der Waals surface area contributed by atoms with Crippen LogP contribution in [0.1, 0.15) is 18.4 Å². The van der Waals surface area contributed by atoms with E-state index < -0.39 is 22.7 Å². The third-order valence-corrected chi connectivity index (χ3v) is 5.48. The molecule has 3 aliphatic rings. The average Bonchev–Trinajstić information content (AvgIpc) is 2.93. The molecule has 1 aromatic rings. The fourth-order valence-electron chi connectivity index (χ4n) is 4.05. The second kappa shape index (κ2) is 4.33. The quantitative estimate of drug-likeness (QED) is 0.811. The summed E-state index contributed by atoms with van der Waals surface area (Å²) in [5.41, 5.74) is 4.46. The highest BCUT2D eigenvalue weighted by Gasteiger charge is 2.94. The summed E-state index contributed by atoms with van der Waals surface area (Å²) in [7, 11) is 0. The van der Waals surface area contributed by atoms with Crippen molar-refractivity contribution in [2.24, 2.45) is 21.6 Å². The summed E-state index contributed by atoms with van der Waals surface area (Å²) >= 11 is 3.43. The minimum atomic E-state index is -1.49. The van der Waals surface area contributed by atoms with Crippen molar-refractivity contribution in [2.45, 2.75) is 24.9 Å². The van der Waals surface area contributed by atoms with Gasteiger partial charge in [-0.15, -0.1) is 0 Å². The number of nitriles is 2. The SMILES string of the molecule is CC1COC2(N=C(N)C3(C#N)C(c4cccc(Br)c4)C23C#N)O1. The van der Waals surface area contributed by atoms with Gasteiger partial charge in [-0.25, -0.2) is 4.99 Å². The monoisotopic (exact) mass is 372 g/mol. The molecule has 0 radical (unpaired) electrons. The summed E-state index contributed by atoms with van der Waals surface area (Å²) < 4.78 is 12.5. The molecule has 2 fully saturated rings. The lowest BCUT2D eigenvalue weighted by Gasteiger charge is -2.26. The fourth-order valence-corrected chi connectivity index (χ4v) is 4.46. The molecule has 1 saturated heterocycles. The van der Waals surface area contributed by atoms with Crippen LogP contribution in [-0.4, -0.2) is 24.5 Å². The van der Waals surface area contributed by atoms with Gasteiger partial charge in [0.2, 0.25) is 0 Å². The Labute approximate surface area is 141 Å². The highest BCUT2D eigenvalue weighted by atomic mass is 79.9. The fraction of sp³-hybridized carbons (Fsp3) is 0.438. The number of ether oxygens (including phenoxy) is 2. The van der Waals surface area contributed by atoms with E-state index in [2.05, 4.69) is 33.1 Å². The molecule has 2 heterocycles. The zero-order chi connectivity index (χ0) is 16.5. The van der Waals surface area contributed by atoms with Crippen molar-refractivity contribution in [2.75, 3.05) is 6.61 Å². The largest absolute Gasteiger partial charge is 0.386 e. The third kappa shape index (κ3) is 1.41. The van der Waals surface area contributed by atoms with Gasteiger partial charge in [0.1, 0.15) is 11.3 Å². The lowest BCUT2D eigenvalue weighted by Crippen LogP contribution is -2.39. The first-order valence-corrected chi connectivity index (χ1v) is 8.02. The van der Waals surface area contributed by atoms with Crippen molar-refractivity contribution < 1.29 is 9.47 Å². The van der Waals surface area contributed by atoms with E-state index in [1.807, 2.05) is 31.2 Å². The van der Waals surface area contributed by atoms with Gasteiger partial charge in [0.15, 0.2) is 5.41 Å². The second-order valence-corrected chi connectivity index (χ2v) is 7.06. The van der Waals surface area contributed by atoms with Crippen molar-refractivity contribution in [3.05, 3.63) is 34.3 Å². The summed E-state index contributed by atoms with van der Waals surface area (Å²) in [5.74, 6) is -1.82. The van der Waals surface area contributed by atoms with Crippen LogP contribution in [0.3, 0.4) is 0 Å². The van der Waals surface area contributed by atoms with Crippen molar-refractivity contribution >= 4 is 21.8 Å². The second-order valence-electron chi connectivity index (χ2n) is 6.15. The minimum Gasteiger partial charge on any atom is -0.386 e. The van der Waals surface area contributed by atoms with Crippen LogP contribution in [0.5, 0.6) is 0 Å². The Kier molecular flexibility index (Phi) is 2.76. The molecule has 1 saturated carbocycles. The van der Waals surface area contributed by atoms with Gasteiger partial charge in [-0.3, -0.25) is 0 Å². The van der Waals surface area contributed by atoms with Crippen LogP contribution in [0.2, 0.25) is 0 Å². The molecule has 2 N–H and O–H groups in total. The summed E-state index contributed by atoms with van der Waals surface area (Å²) in [6.07, 6.45) is -0.213. The van der Waals surface area contributed by atoms with Crippen molar-refractivity contribution in [3.8, 4) is 12.1 Å². The molecular formula is C16H13BrN4O2. The molecule has 1 aliphatic carbocycles. The molecule has 6 nitrogen and oxygen atoms in total. The number of nitrogens with two attached hydrogens (primary N) is 1. The van der Waals surface area contributed by atoms with E-state index in [-0.39, 0.29) is 11.9 Å². The molecule has 1 spiro atoms. The number of hydrogen-bond acceptors (Lipinski definition) is 6. The van der Waals surface area contributed by atoms with E-state index >= 15 is 0 Å². The molecule has 116 valence electrons. The molecule has 1 aromatic carbocycles. The van der Waals surface area contributed by atoms with Crippen LogP contribution in [-0.2, 0) is 9.47 Å². The number of hydrogen-bond donors (Lipinski definition) is 1. The van der Waals surface area contributed by atoms with E-state index in [0.717, 1.165) is 10.0 Å². The Morgan fingerprint density at radius 2 is 2.17 bits per heavy atom. The Bertz CT molecular complexity index is 828. The first-order valence-electron chi connectivity index (χ1n) is 7.23. The Balaban J connectivity index is 1.93. The summed E-state index contributed by atoms with van der Waals surface area (Å²) in [6, 6.07) is 12.0. The van der Waals surface area contributed by atoms with Gasteiger partial charge in [0.25, 0.3) is 5.91 Å². The van der Waals surface area contributed by atoms with Gasteiger partial charge in [0, 0.05) is 10.4 Å². The highest BCUT2D eigenvalue weighted by molar-refractivity contribution is 9.10. The van der Waals surface area contributed by atoms with Crippen LogP contribution < -0.4 is 5.73 Å². The highest BCUT2D eigenvalue weighted by Crippen LogP contribution is 2.82. The first-order chi connectivity index (χ1) is 11.0. The van der Waals surface area contributed by atoms with Gasteiger partial charge in [0.05, 0.1) is 24.8 Å². The molecule has 0 bridgehead atoms. The predicted molar refractivity (Wildman–Crippen MR) is 83.8 cm³/mol. The Morgan fingerprint density at radius 3 is 2.74 bits per heavy atom. The van der Waals surface area contributed by atoms with E-state index in [4.69, 9.17) is 15.2 Å². The maximum Gasteiger partial charge on any atom is 0.293 e. The Morgan fingerprint density at radius 1 is 1.39 bits per heavy atom. The van der Waals surface area contributed by atoms with Crippen molar-refractivity contribution in [1.29, 1.82) is 10.5 Å². The van der Waals surface area contributed by atoms with E-state index in [1.165, 1.54) is 0 Å². The number of amidine groups is 1. The zero-order valence-corrected chi connectivity index (χ0v) is 13.9. The predicted octanol–water partition coefficient (Wildman–Crippen LogP) is 2.03. The van der Waals surface area contributed by atoms with Crippen molar-refractivity contribution in [3.63, 3.8) is 0 Å². The molecule has 5 unspecified atom stereocenters. The normalized spacial score (nSPS) is 43.6. The number of halogens is 1. The van der Waals surface area contributed by atoms with E-state index in [9.17, 15) is 10.5 Å². The molecule has 23 heavy (non-hydrogen) atoms. The van der Waals surface area contributed by atoms with Crippen LogP contribution in [0.25, 0.3) is 0 Å². The number of fused-ring (bicyclic) bond motifs is 2. The smallest absolute Gasteiger partial charge is 0.293 e. The lowest BCUT2D eigenvalue weighted by molar-refractivity contribution is -0.193. The average molecular weight is 373 g/mol. The van der Waals surface area contributed by atoms with Crippen LogP contribution in [0.15, 0.2) is 33.7 Å². The van der Waals surface area contributed by atoms with Crippen LogP contribution in [0.4, 0.5) is 0 Å². The number of aliphatic imine (C=N–C) groups is 1. The molecule has 4 rings (SSSR count). The first kappa shape index (κ1) is 14.6. The summed E-state index contributed by atoms with van der Waals surface area (Å²) in [4.78, 5) is 4.28. The molecular weight excluding hydrogens is 360 g/mol. The Hall–Kier alpha value is -1.93.